The second-order valence-electron chi connectivity index (χ2n) is 10.3. The van der Waals surface area contributed by atoms with E-state index in [-0.39, 0.29) is 29.5 Å². The Hall–Kier alpha value is -3.11. The minimum atomic E-state index is -1.11. The maximum atomic E-state index is 12.9. The molecule has 0 aliphatic carbocycles. The molecule has 9 nitrogen and oxygen atoms in total. The second-order valence-corrected chi connectivity index (χ2v) is 11.4. The minimum absolute atomic E-state index is 0.0334. The van der Waals surface area contributed by atoms with Crippen molar-refractivity contribution in [2.24, 2.45) is 7.05 Å². The van der Waals surface area contributed by atoms with Gasteiger partial charge in [-0.1, -0.05) is 0 Å². The van der Waals surface area contributed by atoms with Gasteiger partial charge >= 0.3 is 0 Å². The molecule has 2 amide bonds. The van der Waals surface area contributed by atoms with Crippen LogP contribution in [0.5, 0.6) is 5.75 Å². The number of likely N-dealkylation sites (tertiary alicyclic amines) is 1. The predicted molar refractivity (Wildman–Crippen MR) is 141 cm³/mol. The third-order valence-electron chi connectivity index (χ3n) is 6.57. The molecule has 194 valence electrons. The van der Waals surface area contributed by atoms with Crippen LogP contribution in [-0.2, 0) is 17.4 Å². The van der Waals surface area contributed by atoms with Gasteiger partial charge in [-0.25, -0.2) is 0 Å². The maximum absolute atomic E-state index is 12.9. The highest BCUT2D eigenvalue weighted by atomic mass is 32.1. The van der Waals surface area contributed by atoms with E-state index in [1.165, 1.54) is 15.9 Å². The predicted octanol–water partition coefficient (Wildman–Crippen LogP) is 3.27. The number of carbonyl (C=O) groups excluding carboxylic acids is 2. The smallest absolute Gasteiger partial charge is 0.274 e. The first-order chi connectivity index (χ1) is 16.8. The molecule has 3 N–H and O–H groups in total. The van der Waals surface area contributed by atoms with E-state index in [4.69, 9.17) is 4.74 Å². The van der Waals surface area contributed by atoms with Gasteiger partial charge in [-0.05, 0) is 47.1 Å². The van der Waals surface area contributed by atoms with Crippen LogP contribution in [0, 0.1) is 6.92 Å². The number of H-pyrrole nitrogens is 1. The minimum Gasteiger partial charge on any atom is -0.490 e. The van der Waals surface area contributed by atoms with Gasteiger partial charge in [-0.2, -0.15) is 0 Å². The zero-order valence-electron chi connectivity index (χ0n) is 21.8. The number of aromatic amines is 1. The van der Waals surface area contributed by atoms with Gasteiger partial charge in [0.05, 0.1) is 16.5 Å². The van der Waals surface area contributed by atoms with Crippen molar-refractivity contribution in [3.8, 4) is 16.2 Å². The number of hydrogen-bond donors (Lipinski definition) is 3. The lowest BCUT2D eigenvalue weighted by Crippen LogP contribution is -2.33. The molecule has 1 fully saturated rings. The lowest BCUT2D eigenvalue weighted by molar-refractivity contribution is -0.127. The molecule has 36 heavy (non-hydrogen) atoms. The van der Waals surface area contributed by atoms with Crippen LogP contribution in [0.1, 0.15) is 61.5 Å². The third kappa shape index (κ3) is 4.67. The molecule has 3 aromatic heterocycles. The molecule has 0 aromatic carbocycles. The van der Waals surface area contributed by atoms with Crippen molar-refractivity contribution < 1.29 is 19.4 Å². The van der Waals surface area contributed by atoms with Crippen LogP contribution in [0.15, 0.2) is 17.1 Å². The van der Waals surface area contributed by atoms with E-state index < -0.39 is 5.60 Å². The molecule has 1 aliphatic heterocycles. The number of thiophene rings is 1. The van der Waals surface area contributed by atoms with E-state index in [1.807, 2.05) is 20.8 Å². The van der Waals surface area contributed by atoms with Gasteiger partial charge in [-0.15, -0.1) is 11.3 Å². The summed E-state index contributed by atoms with van der Waals surface area (Å²) in [6.07, 6.45) is 2.96. The zero-order chi connectivity index (χ0) is 26.5. The third-order valence-corrected chi connectivity index (χ3v) is 8.19. The molecule has 1 aliphatic rings. The summed E-state index contributed by atoms with van der Waals surface area (Å²) in [5, 5.41) is 14.3. The van der Waals surface area contributed by atoms with Crippen molar-refractivity contribution in [3.63, 3.8) is 0 Å². The quantitative estimate of drug-likeness (QED) is 0.448. The van der Waals surface area contributed by atoms with Crippen LogP contribution >= 0.6 is 11.3 Å². The summed E-state index contributed by atoms with van der Waals surface area (Å²) in [6, 6.07) is 1.60. The number of carbonyl (C=O) groups is 2. The Morgan fingerprint density at radius 1 is 1.33 bits per heavy atom. The van der Waals surface area contributed by atoms with Gasteiger partial charge in [-0.3, -0.25) is 14.4 Å². The molecule has 1 atom stereocenters. The number of aryl methyl sites for hydroxylation is 1. The highest BCUT2D eigenvalue weighted by Crippen LogP contribution is 2.47. The van der Waals surface area contributed by atoms with Crippen molar-refractivity contribution in [2.45, 2.75) is 65.1 Å². The van der Waals surface area contributed by atoms with E-state index in [0.29, 0.717) is 35.4 Å². The largest absolute Gasteiger partial charge is 0.490 e. The van der Waals surface area contributed by atoms with E-state index in [2.05, 4.69) is 10.3 Å². The Labute approximate surface area is 214 Å². The zero-order valence-corrected chi connectivity index (χ0v) is 22.6. The summed E-state index contributed by atoms with van der Waals surface area (Å²) in [5.74, 6) is 0.417. The Balaban J connectivity index is 1.86. The molecular formula is C26H34N4O5S. The molecular weight excluding hydrogens is 480 g/mol. The Morgan fingerprint density at radius 2 is 2.03 bits per heavy atom. The van der Waals surface area contributed by atoms with Crippen LogP contribution in [0.25, 0.3) is 21.3 Å². The molecule has 4 rings (SSSR count). The molecule has 4 heterocycles. The van der Waals surface area contributed by atoms with Crippen molar-refractivity contribution in [3.05, 3.63) is 38.8 Å². The van der Waals surface area contributed by atoms with Gasteiger partial charge in [0.1, 0.15) is 23.6 Å². The van der Waals surface area contributed by atoms with Gasteiger partial charge < -0.3 is 29.6 Å². The van der Waals surface area contributed by atoms with Crippen LogP contribution < -0.4 is 15.6 Å². The van der Waals surface area contributed by atoms with E-state index in [9.17, 15) is 19.5 Å². The maximum Gasteiger partial charge on any atom is 0.274 e. The number of aliphatic hydroxyl groups is 1. The number of nitrogens with one attached hydrogen (secondary N) is 2. The van der Waals surface area contributed by atoms with Crippen molar-refractivity contribution in [1.29, 1.82) is 0 Å². The first kappa shape index (κ1) is 26.0. The average Bonchev–Trinajstić information content (AvgIpc) is 3.46. The summed E-state index contributed by atoms with van der Waals surface area (Å²) in [4.78, 5) is 43.9. The number of amides is 2. The number of pyridine rings is 1. The van der Waals surface area contributed by atoms with Gasteiger partial charge in [0.25, 0.3) is 11.5 Å². The summed E-state index contributed by atoms with van der Waals surface area (Å²) in [5.41, 5.74) is 0.804. The summed E-state index contributed by atoms with van der Waals surface area (Å²) in [7, 11) is 3.45. The van der Waals surface area contributed by atoms with E-state index >= 15 is 0 Å². The summed E-state index contributed by atoms with van der Waals surface area (Å²) in [6.45, 7) is 9.42. The van der Waals surface area contributed by atoms with Crippen LogP contribution in [0.2, 0.25) is 0 Å². The highest BCUT2D eigenvalue weighted by molar-refractivity contribution is 7.16. The van der Waals surface area contributed by atoms with Crippen molar-refractivity contribution in [2.75, 3.05) is 13.7 Å². The Kier molecular flexibility index (Phi) is 6.78. The monoisotopic (exact) mass is 514 g/mol. The number of nitrogens with zero attached hydrogens (tertiary/aromatic N) is 2. The number of hydrogen-bond acceptors (Lipinski definition) is 6. The van der Waals surface area contributed by atoms with Crippen LogP contribution in [0.4, 0.5) is 0 Å². The van der Waals surface area contributed by atoms with Gasteiger partial charge in [0.15, 0.2) is 0 Å². The molecule has 0 spiro atoms. The highest BCUT2D eigenvalue weighted by Gasteiger charge is 2.32. The van der Waals surface area contributed by atoms with Crippen LogP contribution in [0.3, 0.4) is 0 Å². The average molecular weight is 515 g/mol. The van der Waals surface area contributed by atoms with Crippen LogP contribution in [-0.4, -0.2) is 57.1 Å². The summed E-state index contributed by atoms with van der Waals surface area (Å²) >= 11 is 1.40. The normalized spacial score (nSPS) is 16.4. The summed E-state index contributed by atoms with van der Waals surface area (Å²) < 4.78 is 7.83. The first-order valence-corrected chi connectivity index (χ1v) is 12.9. The molecule has 10 heteroatoms. The second kappa shape index (κ2) is 9.40. The lowest BCUT2D eigenvalue weighted by atomic mass is 10.0. The fraction of sp³-hybridized carbons (Fsp3) is 0.500. The molecule has 3 aromatic rings. The molecule has 0 bridgehead atoms. The van der Waals surface area contributed by atoms with E-state index in [1.54, 1.807) is 45.1 Å². The lowest BCUT2D eigenvalue weighted by Gasteiger charge is -2.21. The molecule has 1 unspecified atom stereocenters. The number of ether oxygens (including phenoxy) is 1. The number of rotatable bonds is 7. The van der Waals surface area contributed by atoms with Crippen molar-refractivity contribution >= 4 is 34.1 Å². The fourth-order valence-corrected chi connectivity index (χ4v) is 5.93. The molecule has 0 radical (unpaired) electrons. The molecule has 1 saturated heterocycles. The number of fused-ring (bicyclic) bond motifs is 1. The standard InChI is InChI=1S/C26H34N4O5S/c1-13(2)27-24(32)18-10-16-17(11-29(6)25(33)20(16)28-18)22-21(14(3)23(36-22)26(4,5)34)35-12-15-8-9-19(31)30(15)7/h10-11,13,15,28,34H,8-9,12H2,1-7H3,(H,27,32). The molecule has 0 saturated carbocycles. The fourth-order valence-electron chi connectivity index (χ4n) is 4.65. The Bertz CT molecular complexity index is 1390. The topological polar surface area (TPSA) is 117 Å². The first-order valence-electron chi connectivity index (χ1n) is 12.1. The van der Waals surface area contributed by atoms with Crippen molar-refractivity contribution in [1.82, 2.24) is 19.8 Å². The SMILES string of the molecule is Cc1c(C(C)(C)O)sc(-c2cn(C)c(=O)c3[nH]c(C(=O)NC(C)C)cc23)c1OCC1CCC(=O)N1C. The number of likely N-dealkylation sites (N-methyl/N-ethyl adjacent to an activating group) is 1. The number of aromatic nitrogens is 2. The Morgan fingerprint density at radius 3 is 2.61 bits per heavy atom. The van der Waals surface area contributed by atoms with Gasteiger partial charge in [0, 0.05) is 54.1 Å². The van der Waals surface area contributed by atoms with E-state index in [0.717, 1.165) is 27.3 Å². The van der Waals surface area contributed by atoms with Gasteiger partial charge in [0.2, 0.25) is 5.91 Å².